The van der Waals surface area contributed by atoms with E-state index >= 15 is 0 Å². The van der Waals surface area contributed by atoms with Crippen LogP contribution in [0.1, 0.15) is 31.4 Å². The second-order valence-corrected chi connectivity index (χ2v) is 6.93. The van der Waals surface area contributed by atoms with Gasteiger partial charge in [-0.1, -0.05) is 0 Å². The molecule has 2 aliphatic heterocycles. The van der Waals surface area contributed by atoms with E-state index in [-0.39, 0.29) is 24.0 Å². The van der Waals surface area contributed by atoms with Gasteiger partial charge in [-0.15, -0.1) is 34.2 Å². The van der Waals surface area contributed by atoms with E-state index in [1.165, 1.54) is 6.42 Å². The number of aromatic nitrogens is 3. The molecule has 2 aliphatic rings. The molecule has 7 nitrogen and oxygen atoms in total. The van der Waals surface area contributed by atoms with Gasteiger partial charge in [0, 0.05) is 52.2 Å². The Labute approximate surface area is 167 Å². The number of ether oxygens (including phenoxy) is 1. The Morgan fingerprint density at radius 2 is 2.12 bits per heavy atom. The monoisotopic (exact) mass is 462 g/mol. The fourth-order valence-electron chi connectivity index (χ4n) is 3.72. The van der Waals surface area contributed by atoms with E-state index in [9.17, 15) is 0 Å². The van der Waals surface area contributed by atoms with Crippen molar-refractivity contribution in [1.29, 1.82) is 0 Å². The average Bonchev–Trinajstić information content (AvgIpc) is 3.19. The van der Waals surface area contributed by atoms with E-state index in [0.29, 0.717) is 11.8 Å². The molecule has 3 rings (SSSR count). The number of nitrogens with one attached hydrogen (secondary N) is 1. The van der Waals surface area contributed by atoms with Crippen LogP contribution < -0.4 is 5.32 Å². The molecular weight excluding hydrogens is 431 g/mol. The van der Waals surface area contributed by atoms with Crippen LogP contribution in [-0.2, 0) is 17.7 Å². The van der Waals surface area contributed by atoms with Gasteiger partial charge >= 0.3 is 0 Å². The minimum Gasteiger partial charge on any atom is -0.384 e. The molecule has 1 fully saturated rings. The Hall–Kier alpha value is -0.900. The van der Waals surface area contributed by atoms with Gasteiger partial charge in [0.1, 0.15) is 11.6 Å². The number of nitrogens with zero attached hydrogens (tertiary/aromatic N) is 5. The summed E-state index contributed by atoms with van der Waals surface area (Å²) < 4.78 is 7.56. The van der Waals surface area contributed by atoms with E-state index < -0.39 is 0 Å². The topological polar surface area (TPSA) is 67.6 Å². The summed E-state index contributed by atoms with van der Waals surface area (Å²) in [6.45, 7) is 9.88. The van der Waals surface area contributed by atoms with Crippen LogP contribution in [0.5, 0.6) is 0 Å². The molecule has 2 unspecified atom stereocenters. The van der Waals surface area contributed by atoms with Crippen molar-refractivity contribution in [2.24, 2.45) is 16.8 Å². The highest BCUT2D eigenvalue weighted by molar-refractivity contribution is 14.0. The first-order valence-corrected chi connectivity index (χ1v) is 9.12. The minimum absolute atomic E-state index is 0. The smallest absolute Gasteiger partial charge is 0.193 e. The maximum absolute atomic E-state index is 5.30. The van der Waals surface area contributed by atoms with Gasteiger partial charge in [0.05, 0.1) is 6.61 Å². The Bertz CT molecular complexity index is 575. The number of aliphatic imine (C=N–C) groups is 1. The Morgan fingerprint density at radius 3 is 2.88 bits per heavy atom. The van der Waals surface area contributed by atoms with Crippen molar-refractivity contribution in [2.45, 2.75) is 39.7 Å². The maximum atomic E-state index is 5.30. The number of methoxy groups -OCH3 is 1. The van der Waals surface area contributed by atoms with Gasteiger partial charge in [-0.25, -0.2) is 0 Å². The third-order valence-corrected chi connectivity index (χ3v) is 5.05. The third-order valence-electron chi connectivity index (χ3n) is 5.05. The molecule has 25 heavy (non-hydrogen) atoms. The number of fused-ring (bicyclic) bond motifs is 1. The lowest BCUT2D eigenvalue weighted by Crippen LogP contribution is -2.40. The van der Waals surface area contributed by atoms with Crippen LogP contribution in [0.2, 0.25) is 0 Å². The van der Waals surface area contributed by atoms with Crippen LogP contribution >= 0.6 is 24.0 Å². The Balaban J connectivity index is 0.00000225. The van der Waals surface area contributed by atoms with Crippen molar-refractivity contribution >= 4 is 29.9 Å². The second-order valence-electron chi connectivity index (χ2n) is 6.93. The average molecular weight is 462 g/mol. The lowest BCUT2D eigenvalue weighted by Gasteiger charge is -2.25. The molecule has 0 radical (unpaired) electrons. The zero-order chi connectivity index (χ0) is 16.9. The van der Waals surface area contributed by atoms with Gasteiger partial charge in [-0.3, -0.25) is 4.99 Å². The van der Waals surface area contributed by atoms with Gasteiger partial charge in [-0.05, 0) is 32.6 Å². The third kappa shape index (κ3) is 5.06. The highest BCUT2D eigenvalue weighted by Gasteiger charge is 2.26. The molecule has 0 aromatic carbocycles. The van der Waals surface area contributed by atoms with Crippen molar-refractivity contribution in [1.82, 2.24) is 25.0 Å². The number of guanidine groups is 1. The first-order valence-electron chi connectivity index (χ1n) is 9.12. The molecule has 0 bridgehead atoms. The molecule has 1 saturated heterocycles. The Kier molecular flexibility index (Phi) is 7.92. The van der Waals surface area contributed by atoms with E-state index in [1.54, 1.807) is 7.11 Å². The summed E-state index contributed by atoms with van der Waals surface area (Å²) >= 11 is 0. The quantitative estimate of drug-likeness (QED) is 0.410. The molecule has 0 aliphatic carbocycles. The molecular formula is C17H31IN6O. The van der Waals surface area contributed by atoms with Gasteiger partial charge in [0.15, 0.2) is 5.96 Å². The van der Waals surface area contributed by atoms with Crippen LogP contribution in [0.15, 0.2) is 4.99 Å². The summed E-state index contributed by atoms with van der Waals surface area (Å²) in [5.74, 6) is 4.39. The maximum Gasteiger partial charge on any atom is 0.193 e. The number of hydrogen-bond donors (Lipinski definition) is 1. The van der Waals surface area contributed by atoms with Crippen molar-refractivity contribution in [3.8, 4) is 0 Å². The summed E-state index contributed by atoms with van der Waals surface area (Å²) in [5, 5.41) is 11.9. The fraction of sp³-hybridized carbons (Fsp3) is 0.824. The molecule has 1 aromatic rings. The number of likely N-dealkylation sites (tertiary alicyclic amines) is 1. The van der Waals surface area contributed by atoms with Crippen LogP contribution in [0.25, 0.3) is 0 Å². The van der Waals surface area contributed by atoms with Crippen LogP contribution in [0.3, 0.4) is 0 Å². The van der Waals surface area contributed by atoms with E-state index in [0.717, 1.165) is 69.8 Å². The standard InChI is InChI=1S/C17H30N6O.HI/c1-4-18-17(22-8-7-15(10-22)12-24-3)19-9-14-5-6-16-21-20-13(2)23(16)11-14;/h14-15H,4-12H2,1-3H3,(H,18,19);1H. The van der Waals surface area contributed by atoms with E-state index in [2.05, 4.69) is 31.9 Å². The zero-order valence-electron chi connectivity index (χ0n) is 15.6. The number of halogens is 1. The predicted molar refractivity (Wildman–Crippen MR) is 110 cm³/mol. The van der Waals surface area contributed by atoms with Crippen LogP contribution in [-0.4, -0.2) is 65.5 Å². The first kappa shape index (κ1) is 20.4. The summed E-state index contributed by atoms with van der Waals surface area (Å²) in [6.07, 6.45) is 3.34. The summed E-state index contributed by atoms with van der Waals surface area (Å²) in [6, 6.07) is 0. The van der Waals surface area contributed by atoms with Gasteiger partial charge in [0.2, 0.25) is 0 Å². The van der Waals surface area contributed by atoms with Gasteiger partial charge in [0.25, 0.3) is 0 Å². The summed E-state index contributed by atoms with van der Waals surface area (Å²) in [7, 11) is 1.78. The zero-order valence-corrected chi connectivity index (χ0v) is 17.9. The van der Waals surface area contributed by atoms with Gasteiger partial charge in [-0.2, -0.15) is 0 Å². The number of rotatable bonds is 5. The summed E-state index contributed by atoms with van der Waals surface area (Å²) in [5.41, 5.74) is 0. The molecule has 142 valence electrons. The van der Waals surface area contributed by atoms with Gasteiger partial charge < -0.3 is 19.5 Å². The molecule has 0 spiro atoms. The predicted octanol–water partition coefficient (Wildman–Crippen LogP) is 1.70. The first-order chi connectivity index (χ1) is 11.7. The summed E-state index contributed by atoms with van der Waals surface area (Å²) in [4.78, 5) is 7.32. The highest BCUT2D eigenvalue weighted by Crippen LogP contribution is 2.21. The molecule has 2 atom stereocenters. The minimum atomic E-state index is 0. The van der Waals surface area contributed by atoms with Crippen molar-refractivity contribution in [3.63, 3.8) is 0 Å². The number of aryl methyl sites for hydroxylation is 2. The molecule has 3 heterocycles. The molecule has 1 N–H and O–H groups in total. The van der Waals surface area contributed by atoms with Crippen molar-refractivity contribution < 1.29 is 4.74 Å². The van der Waals surface area contributed by atoms with E-state index in [1.807, 2.05) is 6.92 Å². The highest BCUT2D eigenvalue weighted by atomic mass is 127. The molecule has 1 aromatic heterocycles. The van der Waals surface area contributed by atoms with Crippen molar-refractivity contribution in [2.75, 3.05) is 39.9 Å². The van der Waals surface area contributed by atoms with E-state index in [4.69, 9.17) is 9.73 Å². The normalized spacial score (nSPS) is 23.3. The molecule has 0 amide bonds. The molecule has 0 saturated carbocycles. The SMILES string of the molecule is CCNC(=NCC1CCc2nnc(C)n2C1)N1CCC(COC)C1.I. The lowest BCUT2D eigenvalue weighted by molar-refractivity contribution is 0.157. The number of hydrogen-bond acceptors (Lipinski definition) is 4. The largest absolute Gasteiger partial charge is 0.384 e. The lowest BCUT2D eigenvalue weighted by atomic mass is 9.99. The Morgan fingerprint density at radius 1 is 1.28 bits per heavy atom. The second kappa shape index (κ2) is 9.70. The fourth-order valence-corrected chi connectivity index (χ4v) is 3.72. The van der Waals surface area contributed by atoms with Crippen molar-refractivity contribution in [3.05, 3.63) is 11.6 Å². The molecule has 8 heteroatoms. The van der Waals surface area contributed by atoms with Crippen LogP contribution in [0.4, 0.5) is 0 Å². The van der Waals surface area contributed by atoms with Crippen LogP contribution in [0, 0.1) is 18.8 Å².